The standard InChI is InChI=1S/C23H31N3O2/c1-3-12-26(17-20-10-8-19(2)9-11-20)23(28)18-24-13-15-25(16-14-24)21-6-4-5-7-22(21)27/h4-11,27H,3,12-18H2,1-2H3/p+1. The van der Waals surface area contributed by atoms with Gasteiger partial charge in [0.25, 0.3) is 5.91 Å². The number of phenolic OH excluding ortho intramolecular Hbond substituents is 1. The molecule has 0 spiro atoms. The summed E-state index contributed by atoms with van der Waals surface area (Å²) in [5, 5.41) is 10.1. The van der Waals surface area contributed by atoms with Crippen molar-refractivity contribution in [2.45, 2.75) is 26.8 Å². The van der Waals surface area contributed by atoms with Gasteiger partial charge in [0.05, 0.1) is 31.9 Å². The van der Waals surface area contributed by atoms with E-state index in [0.29, 0.717) is 18.8 Å². The number of aryl methyl sites for hydroxylation is 1. The number of aromatic hydroxyl groups is 1. The number of para-hydroxylation sites is 2. The Morgan fingerprint density at radius 1 is 1.11 bits per heavy atom. The molecule has 2 N–H and O–H groups in total. The minimum atomic E-state index is 0.230. The highest BCUT2D eigenvalue weighted by molar-refractivity contribution is 5.77. The second-order valence-corrected chi connectivity index (χ2v) is 7.70. The van der Waals surface area contributed by atoms with Crippen molar-refractivity contribution in [1.29, 1.82) is 0 Å². The van der Waals surface area contributed by atoms with Gasteiger partial charge in [-0.25, -0.2) is 0 Å². The van der Waals surface area contributed by atoms with Crippen LogP contribution in [0.2, 0.25) is 0 Å². The van der Waals surface area contributed by atoms with Crippen molar-refractivity contribution in [3.8, 4) is 5.75 Å². The van der Waals surface area contributed by atoms with E-state index in [9.17, 15) is 9.90 Å². The van der Waals surface area contributed by atoms with Gasteiger partial charge in [-0.15, -0.1) is 0 Å². The van der Waals surface area contributed by atoms with Crippen LogP contribution in [-0.4, -0.2) is 55.2 Å². The Kier molecular flexibility index (Phi) is 6.93. The number of amides is 1. The van der Waals surface area contributed by atoms with Crippen molar-refractivity contribution in [3.05, 3.63) is 59.7 Å². The first-order chi connectivity index (χ1) is 13.6. The molecule has 0 bridgehead atoms. The van der Waals surface area contributed by atoms with E-state index in [4.69, 9.17) is 0 Å². The predicted molar refractivity (Wildman–Crippen MR) is 113 cm³/mol. The molecule has 1 amide bonds. The molecule has 0 unspecified atom stereocenters. The molecule has 1 heterocycles. The molecule has 0 saturated carbocycles. The topological polar surface area (TPSA) is 48.2 Å². The smallest absolute Gasteiger partial charge is 0.278 e. The van der Waals surface area contributed by atoms with Gasteiger partial charge >= 0.3 is 0 Å². The Hall–Kier alpha value is -2.53. The molecule has 5 nitrogen and oxygen atoms in total. The highest BCUT2D eigenvalue weighted by Crippen LogP contribution is 2.25. The van der Waals surface area contributed by atoms with Crippen LogP contribution in [0, 0.1) is 6.92 Å². The molecule has 0 atom stereocenters. The van der Waals surface area contributed by atoms with Crippen molar-refractivity contribution in [2.24, 2.45) is 0 Å². The third-order valence-electron chi connectivity index (χ3n) is 5.43. The summed E-state index contributed by atoms with van der Waals surface area (Å²) in [4.78, 5) is 18.5. The fourth-order valence-electron chi connectivity index (χ4n) is 3.77. The first-order valence-electron chi connectivity index (χ1n) is 10.3. The lowest BCUT2D eigenvalue weighted by atomic mass is 10.1. The SMILES string of the molecule is CCCN(Cc1ccc(C)cc1)C(=O)C[NH+]1CCN(c2ccccc2O)CC1. The number of piperazine rings is 1. The van der Waals surface area contributed by atoms with E-state index < -0.39 is 0 Å². The number of anilines is 1. The fourth-order valence-corrected chi connectivity index (χ4v) is 3.77. The summed E-state index contributed by atoms with van der Waals surface area (Å²) in [6.07, 6.45) is 0.966. The third kappa shape index (κ3) is 5.26. The number of quaternary nitrogens is 1. The van der Waals surface area contributed by atoms with E-state index >= 15 is 0 Å². The molecule has 1 fully saturated rings. The summed E-state index contributed by atoms with van der Waals surface area (Å²) in [5.41, 5.74) is 3.32. The van der Waals surface area contributed by atoms with Gasteiger partial charge in [-0.2, -0.15) is 0 Å². The van der Waals surface area contributed by atoms with E-state index in [-0.39, 0.29) is 5.91 Å². The molecule has 1 saturated heterocycles. The van der Waals surface area contributed by atoms with Crippen molar-refractivity contribution in [3.63, 3.8) is 0 Å². The Balaban J connectivity index is 1.54. The number of carbonyl (C=O) groups is 1. The highest BCUT2D eigenvalue weighted by atomic mass is 16.3. The largest absolute Gasteiger partial charge is 0.506 e. The maximum absolute atomic E-state index is 12.9. The van der Waals surface area contributed by atoms with Gasteiger partial charge in [0, 0.05) is 13.1 Å². The summed E-state index contributed by atoms with van der Waals surface area (Å²) >= 11 is 0. The highest BCUT2D eigenvalue weighted by Gasteiger charge is 2.25. The van der Waals surface area contributed by atoms with Crippen LogP contribution in [0.15, 0.2) is 48.5 Å². The number of carbonyl (C=O) groups excluding carboxylic acids is 1. The summed E-state index contributed by atoms with van der Waals surface area (Å²) in [7, 11) is 0. The van der Waals surface area contributed by atoms with Crippen LogP contribution < -0.4 is 9.80 Å². The Morgan fingerprint density at radius 2 is 1.79 bits per heavy atom. The van der Waals surface area contributed by atoms with Gasteiger partial charge in [0.15, 0.2) is 6.54 Å². The zero-order valence-electron chi connectivity index (χ0n) is 17.0. The van der Waals surface area contributed by atoms with Gasteiger partial charge in [-0.3, -0.25) is 4.79 Å². The van der Waals surface area contributed by atoms with Crippen LogP contribution in [0.3, 0.4) is 0 Å². The zero-order valence-corrected chi connectivity index (χ0v) is 17.0. The molecule has 2 aromatic carbocycles. The molecular weight excluding hydrogens is 350 g/mol. The van der Waals surface area contributed by atoms with E-state index in [1.807, 2.05) is 23.1 Å². The molecule has 1 aliphatic heterocycles. The number of benzene rings is 2. The van der Waals surface area contributed by atoms with E-state index in [0.717, 1.165) is 44.8 Å². The number of hydrogen-bond acceptors (Lipinski definition) is 3. The van der Waals surface area contributed by atoms with Gasteiger partial charge in [0.2, 0.25) is 0 Å². The molecule has 0 aromatic heterocycles. The zero-order chi connectivity index (χ0) is 19.9. The average Bonchev–Trinajstić information content (AvgIpc) is 2.70. The second-order valence-electron chi connectivity index (χ2n) is 7.70. The molecule has 1 aliphatic rings. The number of nitrogens with one attached hydrogen (secondary N) is 1. The molecule has 0 aliphatic carbocycles. The fraction of sp³-hybridized carbons (Fsp3) is 0.435. The maximum Gasteiger partial charge on any atom is 0.278 e. The first-order valence-corrected chi connectivity index (χ1v) is 10.3. The molecule has 5 heteroatoms. The van der Waals surface area contributed by atoms with Gasteiger partial charge in [0.1, 0.15) is 5.75 Å². The number of rotatable bonds is 7. The number of hydrogen-bond donors (Lipinski definition) is 2. The van der Waals surface area contributed by atoms with Crippen molar-refractivity contribution in [1.82, 2.24) is 4.90 Å². The molecule has 150 valence electrons. The Labute approximate surface area is 168 Å². The lowest BCUT2D eigenvalue weighted by Gasteiger charge is -2.34. The minimum Gasteiger partial charge on any atom is -0.506 e. The Morgan fingerprint density at radius 3 is 2.43 bits per heavy atom. The lowest BCUT2D eigenvalue weighted by Crippen LogP contribution is -3.15. The average molecular weight is 383 g/mol. The normalized spacial score (nSPS) is 14.9. The van der Waals surface area contributed by atoms with Crippen LogP contribution in [-0.2, 0) is 11.3 Å². The molecular formula is C23H32N3O2+. The summed E-state index contributed by atoms with van der Waals surface area (Å²) < 4.78 is 0. The van der Waals surface area contributed by atoms with Crippen molar-refractivity contribution in [2.75, 3.05) is 44.2 Å². The summed E-state index contributed by atoms with van der Waals surface area (Å²) in [5.74, 6) is 0.558. The summed E-state index contributed by atoms with van der Waals surface area (Å²) in [6.45, 7) is 9.74. The quantitative estimate of drug-likeness (QED) is 0.768. The van der Waals surface area contributed by atoms with Gasteiger partial charge in [-0.1, -0.05) is 48.9 Å². The van der Waals surface area contributed by atoms with E-state index in [1.54, 1.807) is 6.07 Å². The van der Waals surface area contributed by atoms with Crippen LogP contribution in [0.5, 0.6) is 5.75 Å². The van der Waals surface area contributed by atoms with Gasteiger partial charge < -0.3 is 19.8 Å². The molecule has 0 radical (unpaired) electrons. The molecule has 28 heavy (non-hydrogen) atoms. The van der Waals surface area contributed by atoms with Crippen LogP contribution in [0.25, 0.3) is 0 Å². The second kappa shape index (κ2) is 9.60. The van der Waals surface area contributed by atoms with Crippen LogP contribution in [0.1, 0.15) is 24.5 Å². The van der Waals surface area contributed by atoms with Gasteiger partial charge in [-0.05, 0) is 31.0 Å². The Bertz CT molecular complexity index is 768. The predicted octanol–water partition coefficient (Wildman–Crippen LogP) is 1.84. The molecule has 2 aromatic rings. The van der Waals surface area contributed by atoms with Crippen LogP contribution >= 0.6 is 0 Å². The van der Waals surface area contributed by atoms with Crippen LogP contribution in [0.4, 0.5) is 5.69 Å². The maximum atomic E-state index is 12.9. The van der Waals surface area contributed by atoms with E-state index in [1.165, 1.54) is 16.0 Å². The number of nitrogens with zero attached hydrogens (tertiary/aromatic N) is 2. The number of phenols is 1. The van der Waals surface area contributed by atoms with Crippen molar-refractivity contribution < 1.29 is 14.8 Å². The molecule has 3 rings (SSSR count). The monoisotopic (exact) mass is 382 g/mol. The third-order valence-corrected chi connectivity index (χ3v) is 5.43. The first kappa shape index (κ1) is 20.2. The minimum absolute atomic E-state index is 0.230. The summed E-state index contributed by atoms with van der Waals surface area (Å²) in [6, 6.07) is 15.9. The lowest BCUT2D eigenvalue weighted by molar-refractivity contribution is -0.892. The van der Waals surface area contributed by atoms with Crippen molar-refractivity contribution >= 4 is 11.6 Å². The van der Waals surface area contributed by atoms with E-state index in [2.05, 4.69) is 43.0 Å².